The number of benzene rings is 2. The van der Waals surface area contributed by atoms with Crippen molar-refractivity contribution in [2.75, 3.05) is 31.5 Å². The highest BCUT2D eigenvalue weighted by Crippen LogP contribution is 2.28. The minimum atomic E-state index is -0.636. The maximum atomic E-state index is 12.1. The van der Waals surface area contributed by atoms with Gasteiger partial charge in [0.05, 0.1) is 26.3 Å². The van der Waals surface area contributed by atoms with Crippen molar-refractivity contribution in [3.05, 3.63) is 47.5 Å². The molecule has 0 bridgehead atoms. The topological polar surface area (TPSA) is 103 Å². The maximum Gasteiger partial charge on any atom is 0.306 e. The van der Waals surface area contributed by atoms with Crippen LogP contribution in [0.5, 0.6) is 11.5 Å². The van der Waals surface area contributed by atoms with E-state index in [2.05, 4.69) is 10.6 Å². The first-order valence-corrected chi connectivity index (χ1v) is 9.37. The number of hydrogen-bond acceptors (Lipinski definition) is 6. The van der Waals surface area contributed by atoms with Gasteiger partial charge in [0.1, 0.15) is 11.5 Å². The second-order valence-corrected chi connectivity index (χ2v) is 6.64. The van der Waals surface area contributed by atoms with Gasteiger partial charge in [-0.25, -0.2) is 0 Å². The molecular formula is C22H26N2O6. The number of aryl methyl sites for hydroxylation is 2. The molecule has 2 amide bonds. The number of ether oxygens (including phenoxy) is 3. The van der Waals surface area contributed by atoms with Crippen molar-refractivity contribution < 1.29 is 28.6 Å². The number of anilines is 2. The molecule has 2 rings (SSSR count). The lowest BCUT2D eigenvalue weighted by molar-refractivity contribution is -0.147. The first-order valence-electron chi connectivity index (χ1n) is 9.37. The first kappa shape index (κ1) is 22.7. The van der Waals surface area contributed by atoms with Gasteiger partial charge in [0.25, 0.3) is 5.91 Å². The van der Waals surface area contributed by atoms with Gasteiger partial charge in [-0.05, 0) is 43.2 Å². The second kappa shape index (κ2) is 10.8. The molecule has 8 nitrogen and oxygen atoms in total. The Morgan fingerprint density at radius 2 is 1.57 bits per heavy atom. The SMILES string of the molecule is COc1ccc(NC(=O)COC(=O)CCC(=O)Nc2cc(C)ccc2C)c(OC)c1. The summed E-state index contributed by atoms with van der Waals surface area (Å²) in [6, 6.07) is 10.6. The molecule has 0 aliphatic carbocycles. The number of amides is 2. The van der Waals surface area contributed by atoms with Crippen LogP contribution in [0.4, 0.5) is 11.4 Å². The Morgan fingerprint density at radius 1 is 0.833 bits per heavy atom. The van der Waals surface area contributed by atoms with Crippen LogP contribution >= 0.6 is 0 Å². The van der Waals surface area contributed by atoms with Crippen LogP contribution in [0.1, 0.15) is 24.0 Å². The van der Waals surface area contributed by atoms with Crippen molar-refractivity contribution in [1.82, 2.24) is 0 Å². The Labute approximate surface area is 175 Å². The Balaban J connectivity index is 1.77. The average Bonchev–Trinajstić information content (AvgIpc) is 2.73. The number of hydrogen-bond donors (Lipinski definition) is 2. The van der Waals surface area contributed by atoms with E-state index in [0.717, 1.165) is 11.1 Å². The molecule has 0 aliphatic heterocycles. The third-order valence-corrected chi connectivity index (χ3v) is 4.27. The van der Waals surface area contributed by atoms with E-state index in [1.165, 1.54) is 14.2 Å². The summed E-state index contributed by atoms with van der Waals surface area (Å²) in [5.74, 6) is -0.463. The van der Waals surface area contributed by atoms with Gasteiger partial charge in [0.2, 0.25) is 5.91 Å². The smallest absolute Gasteiger partial charge is 0.306 e. The Morgan fingerprint density at radius 3 is 2.27 bits per heavy atom. The fourth-order valence-corrected chi connectivity index (χ4v) is 2.61. The van der Waals surface area contributed by atoms with Gasteiger partial charge in [0.15, 0.2) is 6.61 Å². The third-order valence-electron chi connectivity index (χ3n) is 4.27. The molecule has 2 aromatic carbocycles. The highest BCUT2D eigenvalue weighted by atomic mass is 16.5. The molecule has 0 atom stereocenters. The molecule has 0 fully saturated rings. The summed E-state index contributed by atoms with van der Waals surface area (Å²) in [6.07, 6.45) is -0.171. The molecule has 0 radical (unpaired) electrons. The highest BCUT2D eigenvalue weighted by molar-refractivity contribution is 5.95. The first-order chi connectivity index (χ1) is 14.3. The molecule has 0 unspecified atom stereocenters. The van der Waals surface area contributed by atoms with Crippen molar-refractivity contribution in [3.8, 4) is 11.5 Å². The van der Waals surface area contributed by atoms with Gasteiger partial charge in [-0.3, -0.25) is 14.4 Å². The Kier molecular flexibility index (Phi) is 8.22. The Hall–Kier alpha value is -3.55. The lowest BCUT2D eigenvalue weighted by Crippen LogP contribution is -2.22. The molecule has 0 spiro atoms. The fraction of sp³-hybridized carbons (Fsp3) is 0.318. The fourth-order valence-electron chi connectivity index (χ4n) is 2.61. The normalized spacial score (nSPS) is 10.1. The predicted molar refractivity (Wildman–Crippen MR) is 113 cm³/mol. The second-order valence-electron chi connectivity index (χ2n) is 6.64. The zero-order valence-electron chi connectivity index (χ0n) is 17.5. The van der Waals surface area contributed by atoms with Crippen LogP contribution in [-0.2, 0) is 19.1 Å². The van der Waals surface area contributed by atoms with Crippen molar-refractivity contribution in [1.29, 1.82) is 0 Å². The number of nitrogens with one attached hydrogen (secondary N) is 2. The van der Waals surface area contributed by atoms with Crippen LogP contribution in [0.3, 0.4) is 0 Å². The lowest BCUT2D eigenvalue weighted by Gasteiger charge is -2.12. The Bertz CT molecular complexity index is 926. The summed E-state index contributed by atoms with van der Waals surface area (Å²) in [6.45, 7) is 3.35. The van der Waals surface area contributed by atoms with Crippen molar-refractivity contribution >= 4 is 29.2 Å². The maximum absolute atomic E-state index is 12.1. The van der Waals surface area contributed by atoms with E-state index in [1.54, 1.807) is 18.2 Å². The van der Waals surface area contributed by atoms with Crippen molar-refractivity contribution in [2.45, 2.75) is 26.7 Å². The number of carbonyl (C=O) groups excluding carboxylic acids is 3. The van der Waals surface area contributed by atoms with Gasteiger partial charge >= 0.3 is 5.97 Å². The molecule has 0 saturated heterocycles. The minimum Gasteiger partial charge on any atom is -0.497 e. The molecule has 0 aliphatic rings. The van der Waals surface area contributed by atoms with E-state index in [9.17, 15) is 14.4 Å². The molecule has 2 N–H and O–H groups in total. The molecule has 2 aromatic rings. The van der Waals surface area contributed by atoms with Gasteiger partial charge in [-0.1, -0.05) is 12.1 Å². The van der Waals surface area contributed by atoms with Crippen LogP contribution < -0.4 is 20.1 Å². The van der Waals surface area contributed by atoms with Gasteiger partial charge in [0, 0.05) is 18.2 Å². The number of methoxy groups -OCH3 is 2. The van der Waals surface area contributed by atoms with Crippen LogP contribution in [0.15, 0.2) is 36.4 Å². The average molecular weight is 414 g/mol. The number of carbonyl (C=O) groups is 3. The van der Waals surface area contributed by atoms with Gasteiger partial charge in [-0.2, -0.15) is 0 Å². The quantitative estimate of drug-likeness (QED) is 0.611. The largest absolute Gasteiger partial charge is 0.497 e. The summed E-state index contributed by atoms with van der Waals surface area (Å²) in [5.41, 5.74) is 3.09. The van der Waals surface area contributed by atoms with E-state index in [-0.39, 0.29) is 18.7 Å². The monoisotopic (exact) mass is 414 g/mol. The molecule has 8 heteroatoms. The van der Waals surface area contributed by atoms with E-state index in [4.69, 9.17) is 14.2 Å². The van der Waals surface area contributed by atoms with E-state index >= 15 is 0 Å². The summed E-state index contributed by atoms with van der Waals surface area (Å²) in [7, 11) is 2.99. The van der Waals surface area contributed by atoms with Crippen LogP contribution in [0.25, 0.3) is 0 Å². The summed E-state index contributed by atoms with van der Waals surface area (Å²) in [5, 5.41) is 5.38. The van der Waals surface area contributed by atoms with E-state index in [1.807, 2.05) is 32.0 Å². The van der Waals surface area contributed by atoms with Crippen molar-refractivity contribution in [2.24, 2.45) is 0 Å². The molecule has 30 heavy (non-hydrogen) atoms. The third kappa shape index (κ3) is 6.80. The highest BCUT2D eigenvalue weighted by Gasteiger charge is 2.13. The summed E-state index contributed by atoms with van der Waals surface area (Å²) < 4.78 is 15.2. The number of rotatable bonds is 9. The predicted octanol–water partition coefficient (Wildman–Crippen LogP) is 3.22. The van der Waals surface area contributed by atoms with E-state index in [0.29, 0.717) is 22.9 Å². The lowest BCUT2D eigenvalue weighted by atomic mass is 10.1. The van der Waals surface area contributed by atoms with Gasteiger partial charge in [-0.15, -0.1) is 0 Å². The molecule has 160 valence electrons. The zero-order valence-corrected chi connectivity index (χ0v) is 17.5. The van der Waals surface area contributed by atoms with Crippen LogP contribution in [0.2, 0.25) is 0 Å². The molecule has 0 aromatic heterocycles. The van der Waals surface area contributed by atoms with Crippen LogP contribution in [0, 0.1) is 13.8 Å². The number of esters is 1. The standard InChI is InChI=1S/C22H26N2O6/c1-14-5-6-15(2)18(11-14)24-20(25)9-10-22(27)30-13-21(26)23-17-8-7-16(28-3)12-19(17)29-4/h5-8,11-12H,9-10,13H2,1-4H3,(H,23,26)(H,24,25). The van der Waals surface area contributed by atoms with E-state index < -0.39 is 18.5 Å². The summed E-state index contributed by atoms with van der Waals surface area (Å²) >= 11 is 0. The van der Waals surface area contributed by atoms with Crippen LogP contribution in [-0.4, -0.2) is 38.6 Å². The molecule has 0 saturated carbocycles. The van der Waals surface area contributed by atoms with Crippen molar-refractivity contribution in [3.63, 3.8) is 0 Å². The minimum absolute atomic E-state index is 0.0415. The molecule has 0 heterocycles. The summed E-state index contributed by atoms with van der Waals surface area (Å²) in [4.78, 5) is 36.0. The van der Waals surface area contributed by atoms with Gasteiger partial charge < -0.3 is 24.8 Å². The molecular weight excluding hydrogens is 388 g/mol. The zero-order chi connectivity index (χ0) is 22.1.